The molecule has 3 N–H and O–H groups in total. The smallest absolute Gasteiger partial charge is 0.263 e. The van der Waals surface area contributed by atoms with Crippen molar-refractivity contribution in [1.29, 1.82) is 0 Å². The Hall–Kier alpha value is -3.00. The molecule has 122 valence electrons. The SMILES string of the molecule is O=C(Nc1nc(-c2cc(O)ccc2O)cs1)c1c(F)cccc1F. The highest BCUT2D eigenvalue weighted by Crippen LogP contribution is 2.34. The average molecular weight is 348 g/mol. The lowest BCUT2D eigenvalue weighted by Crippen LogP contribution is -2.15. The van der Waals surface area contributed by atoms with Gasteiger partial charge in [0.1, 0.15) is 28.7 Å². The van der Waals surface area contributed by atoms with Crippen LogP contribution in [0.5, 0.6) is 11.5 Å². The topological polar surface area (TPSA) is 82.5 Å². The molecule has 1 amide bonds. The number of amides is 1. The van der Waals surface area contributed by atoms with Crippen LogP contribution < -0.4 is 5.32 Å². The molecule has 0 saturated carbocycles. The summed E-state index contributed by atoms with van der Waals surface area (Å²) in [5.41, 5.74) is -0.129. The summed E-state index contributed by atoms with van der Waals surface area (Å²) >= 11 is 1.01. The minimum absolute atomic E-state index is 0.0604. The molecule has 0 radical (unpaired) electrons. The van der Waals surface area contributed by atoms with Crippen molar-refractivity contribution in [3.05, 3.63) is 59.0 Å². The van der Waals surface area contributed by atoms with E-state index in [1.807, 2.05) is 0 Å². The van der Waals surface area contributed by atoms with Crippen LogP contribution in [0.15, 0.2) is 41.8 Å². The number of nitrogens with zero attached hydrogens (tertiary/aromatic N) is 1. The molecule has 24 heavy (non-hydrogen) atoms. The van der Waals surface area contributed by atoms with E-state index in [-0.39, 0.29) is 22.2 Å². The minimum Gasteiger partial charge on any atom is -0.508 e. The Morgan fingerprint density at radius 3 is 2.54 bits per heavy atom. The summed E-state index contributed by atoms with van der Waals surface area (Å²) in [6.07, 6.45) is 0. The highest BCUT2D eigenvalue weighted by atomic mass is 32.1. The Morgan fingerprint density at radius 1 is 1.12 bits per heavy atom. The lowest BCUT2D eigenvalue weighted by Gasteiger charge is -2.04. The molecular formula is C16H10F2N2O3S. The van der Waals surface area contributed by atoms with Crippen molar-refractivity contribution in [2.24, 2.45) is 0 Å². The molecule has 0 aliphatic heterocycles. The number of rotatable bonds is 3. The second-order valence-electron chi connectivity index (χ2n) is 4.79. The third-order valence-corrected chi connectivity index (χ3v) is 3.93. The molecular weight excluding hydrogens is 338 g/mol. The average Bonchev–Trinajstić information content (AvgIpc) is 2.97. The summed E-state index contributed by atoms with van der Waals surface area (Å²) in [6, 6.07) is 7.05. The molecule has 1 aromatic heterocycles. The van der Waals surface area contributed by atoms with Crippen molar-refractivity contribution in [3.63, 3.8) is 0 Å². The van der Waals surface area contributed by atoms with Gasteiger partial charge < -0.3 is 10.2 Å². The van der Waals surface area contributed by atoms with Crippen LogP contribution in [-0.2, 0) is 0 Å². The largest absolute Gasteiger partial charge is 0.508 e. The summed E-state index contributed by atoms with van der Waals surface area (Å²) < 4.78 is 27.2. The van der Waals surface area contributed by atoms with Crippen LogP contribution in [0.4, 0.5) is 13.9 Å². The van der Waals surface area contributed by atoms with E-state index in [0.29, 0.717) is 5.69 Å². The fourth-order valence-electron chi connectivity index (χ4n) is 2.06. The van der Waals surface area contributed by atoms with Crippen LogP contribution in [0.2, 0.25) is 0 Å². The molecule has 0 fully saturated rings. The number of carbonyl (C=O) groups excluding carboxylic acids is 1. The van der Waals surface area contributed by atoms with E-state index >= 15 is 0 Å². The van der Waals surface area contributed by atoms with Crippen molar-refractivity contribution >= 4 is 22.4 Å². The van der Waals surface area contributed by atoms with Crippen molar-refractivity contribution in [1.82, 2.24) is 4.98 Å². The Labute approximate surface area is 138 Å². The standard InChI is InChI=1S/C16H10F2N2O3S/c17-10-2-1-3-11(18)14(10)15(23)20-16-19-12(7-24-16)9-6-8(21)4-5-13(9)22/h1-7,21-22H,(H,19,20,23). The molecule has 0 saturated heterocycles. The number of hydrogen-bond acceptors (Lipinski definition) is 5. The van der Waals surface area contributed by atoms with Gasteiger partial charge in [-0.1, -0.05) is 6.07 Å². The van der Waals surface area contributed by atoms with Gasteiger partial charge in [-0.2, -0.15) is 0 Å². The van der Waals surface area contributed by atoms with Gasteiger partial charge in [0.15, 0.2) is 5.13 Å². The zero-order valence-corrected chi connectivity index (χ0v) is 12.8. The van der Waals surface area contributed by atoms with E-state index in [2.05, 4.69) is 10.3 Å². The van der Waals surface area contributed by atoms with Crippen molar-refractivity contribution in [3.8, 4) is 22.8 Å². The molecule has 3 rings (SSSR count). The van der Waals surface area contributed by atoms with Crippen molar-refractivity contribution in [2.45, 2.75) is 0 Å². The van der Waals surface area contributed by atoms with Crippen LogP contribution >= 0.6 is 11.3 Å². The Kier molecular flexibility index (Phi) is 4.13. The lowest BCUT2D eigenvalue weighted by atomic mass is 10.1. The number of nitrogens with one attached hydrogen (secondary N) is 1. The third kappa shape index (κ3) is 3.04. The highest BCUT2D eigenvalue weighted by Gasteiger charge is 2.19. The zero-order chi connectivity index (χ0) is 17.3. The molecule has 0 aliphatic rings. The number of hydrogen-bond donors (Lipinski definition) is 3. The maximum atomic E-state index is 13.6. The van der Waals surface area contributed by atoms with E-state index < -0.39 is 23.1 Å². The summed E-state index contributed by atoms with van der Waals surface area (Å²) in [5.74, 6) is -3.08. The molecule has 0 atom stereocenters. The summed E-state index contributed by atoms with van der Waals surface area (Å²) in [5, 5.41) is 23.2. The van der Waals surface area contributed by atoms with E-state index in [0.717, 1.165) is 29.5 Å². The van der Waals surface area contributed by atoms with Gasteiger partial charge >= 0.3 is 0 Å². The molecule has 0 aliphatic carbocycles. The van der Waals surface area contributed by atoms with E-state index in [4.69, 9.17) is 0 Å². The van der Waals surface area contributed by atoms with Gasteiger partial charge in [0.05, 0.1) is 5.69 Å². The van der Waals surface area contributed by atoms with Gasteiger partial charge in [0.25, 0.3) is 5.91 Å². The van der Waals surface area contributed by atoms with Crippen LogP contribution in [0, 0.1) is 11.6 Å². The van der Waals surface area contributed by atoms with Gasteiger partial charge in [-0.05, 0) is 30.3 Å². The first-order valence-corrected chi connectivity index (χ1v) is 7.57. The number of benzene rings is 2. The molecule has 3 aromatic rings. The summed E-state index contributed by atoms with van der Waals surface area (Å²) in [4.78, 5) is 16.1. The van der Waals surface area contributed by atoms with Gasteiger partial charge in [0.2, 0.25) is 0 Å². The number of phenolic OH excluding ortho intramolecular Hbond substituents is 2. The number of thiazole rings is 1. The third-order valence-electron chi connectivity index (χ3n) is 3.17. The molecule has 1 heterocycles. The predicted octanol–water partition coefficient (Wildman–Crippen LogP) is 3.75. The van der Waals surface area contributed by atoms with Crippen molar-refractivity contribution in [2.75, 3.05) is 5.32 Å². The van der Waals surface area contributed by atoms with E-state index in [1.165, 1.54) is 23.6 Å². The zero-order valence-electron chi connectivity index (χ0n) is 12.0. The minimum atomic E-state index is -0.977. The fraction of sp³-hybridized carbons (Fsp3) is 0. The van der Waals surface area contributed by atoms with Crippen molar-refractivity contribution < 1.29 is 23.8 Å². The number of anilines is 1. The molecule has 5 nitrogen and oxygen atoms in total. The maximum Gasteiger partial charge on any atom is 0.263 e. The molecule has 0 unspecified atom stereocenters. The maximum absolute atomic E-state index is 13.6. The number of aromatic hydroxyl groups is 2. The predicted molar refractivity (Wildman–Crippen MR) is 85.2 cm³/mol. The molecule has 8 heteroatoms. The van der Waals surface area contributed by atoms with Crippen LogP contribution in [0.3, 0.4) is 0 Å². The number of carbonyl (C=O) groups is 1. The normalized spacial score (nSPS) is 10.6. The number of halogens is 2. The monoisotopic (exact) mass is 348 g/mol. The first kappa shape index (κ1) is 15.9. The number of phenols is 2. The van der Waals surface area contributed by atoms with Gasteiger partial charge in [-0.25, -0.2) is 13.8 Å². The van der Waals surface area contributed by atoms with Gasteiger partial charge in [0, 0.05) is 10.9 Å². The molecule has 0 spiro atoms. The summed E-state index contributed by atoms with van der Waals surface area (Å²) in [7, 11) is 0. The fourth-order valence-corrected chi connectivity index (χ4v) is 2.76. The Bertz CT molecular complexity index is 907. The molecule has 0 bridgehead atoms. The second kappa shape index (κ2) is 6.25. The van der Waals surface area contributed by atoms with E-state index in [9.17, 15) is 23.8 Å². The lowest BCUT2D eigenvalue weighted by molar-refractivity contribution is 0.101. The second-order valence-corrected chi connectivity index (χ2v) is 5.65. The highest BCUT2D eigenvalue weighted by molar-refractivity contribution is 7.14. The van der Waals surface area contributed by atoms with E-state index in [1.54, 1.807) is 0 Å². The summed E-state index contributed by atoms with van der Waals surface area (Å²) in [6.45, 7) is 0. The Morgan fingerprint density at radius 2 is 1.83 bits per heavy atom. The Balaban J connectivity index is 1.87. The van der Waals surface area contributed by atoms with Crippen LogP contribution in [0.25, 0.3) is 11.3 Å². The van der Waals surface area contributed by atoms with Gasteiger partial charge in [-0.15, -0.1) is 11.3 Å². The van der Waals surface area contributed by atoms with Gasteiger partial charge in [-0.3, -0.25) is 10.1 Å². The first-order chi connectivity index (χ1) is 11.5. The first-order valence-electron chi connectivity index (χ1n) is 6.69. The molecule has 2 aromatic carbocycles. The quantitative estimate of drug-likeness (QED) is 0.630. The number of aromatic nitrogens is 1. The van der Waals surface area contributed by atoms with Crippen LogP contribution in [-0.4, -0.2) is 21.1 Å². The van der Waals surface area contributed by atoms with Crippen LogP contribution in [0.1, 0.15) is 10.4 Å².